The van der Waals surface area contributed by atoms with E-state index in [2.05, 4.69) is 11.9 Å². The normalized spacial score (nSPS) is 15.7. The van der Waals surface area contributed by atoms with E-state index >= 15 is 0 Å². The Labute approximate surface area is 165 Å². The van der Waals surface area contributed by atoms with E-state index < -0.39 is 10.0 Å². The molecule has 3 rings (SSSR count). The van der Waals surface area contributed by atoms with Crippen molar-refractivity contribution in [3.05, 3.63) is 66.2 Å². The first kappa shape index (κ1) is 19.9. The molecule has 6 nitrogen and oxygen atoms in total. The minimum Gasteiger partial charge on any atom is -0.489 e. The lowest BCUT2D eigenvalue weighted by atomic mass is 10.1. The fourth-order valence-corrected chi connectivity index (χ4v) is 4.79. The van der Waals surface area contributed by atoms with Crippen LogP contribution in [0.2, 0.25) is 0 Å². The van der Waals surface area contributed by atoms with Crippen LogP contribution < -0.4 is 14.4 Å². The molecule has 0 atom stereocenters. The average Bonchev–Trinajstić information content (AvgIpc) is 2.67. The summed E-state index contributed by atoms with van der Waals surface area (Å²) in [7, 11) is -3.34. The third-order valence-corrected chi connectivity index (χ3v) is 6.40. The van der Waals surface area contributed by atoms with Crippen molar-refractivity contribution in [3.8, 4) is 5.75 Å². The quantitative estimate of drug-likeness (QED) is 0.750. The predicted octanol–water partition coefficient (Wildman–Crippen LogP) is 3.74. The summed E-state index contributed by atoms with van der Waals surface area (Å²) in [5, 5.41) is 2.83. The Bertz CT molecular complexity index is 986. The standard InChI is InChI=1S/C21H24N2O4S/c1-3-12-27-19-8-6-7-18(15-19)22-21(24)17-10-9-16(2)20(14-17)23-11-4-5-13-28(23,25)26/h3,6-10,14-15H,1,4-5,11-13H2,2H3,(H,22,24). The number of benzene rings is 2. The van der Waals surface area contributed by atoms with Crippen molar-refractivity contribution in [2.75, 3.05) is 28.5 Å². The van der Waals surface area contributed by atoms with E-state index in [1.54, 1.807) is 48.5 Å². The smallest absolute Gasteiger partial charge is 0.255 e. The zero-order chi connectivity index (χ0) is 20.1. The molecule has 1 fully saturated rings. The monoisotopic (exact) mass is 400 g/mol. The van der Waals surface area contributed by atoms with Crippen molar-refractivity contribution in [3.63, 3.8) is 0 Å². The third kappa shape index (κ3) is 4.54. The van der Waals surface area contributed by atoms with Crippen LogP contribution in [0, 0.1) is 6.92 Å². The van der Waals surface area contributed by atoms with Crippen LogP contribution in [0.3, 0.4) is 0 Å². The third-order valence-electron chi connectivity index (χ3n) is 4.55. The van der Waals surface area contributed by atoms with Gasteiger partial charge in [-0.15, -0.1) is 0 Å². The van der Waals surface area contributed by atoms with Crippen molar-refractivity contribution >= 4 is 27.3 Å². The minimum absolute atomic E-state index is 0.139. The number of carbonyl (C=O) groups is 1. The van der Waals surface area contributed by atoms with Crippen LogP contribution in [0.15, 0.2) is 55.1 Å². The number of carbonyl (C=O) groups excluding carboxylic acids is 1. The molecule has 0 saturated carbocycles. The zero-order valence-corrected chi connectivity index (χ0v) is 16.7. The van der Waals surface area contributed by atoms with Gasteiger partial charge in [-0.25, -0.2) is 8.42 Å². The van der Waals surface area contributed by atoms with Crippen molar-refractivity contribution in [2.24, 2.45) is 0 Å². The molecular weight excluding hydrogens is 376 g/mol. The first-order chi connectivity index (χ1) is 13.4. The number of hydrogen-bond donors (Lipinski definition) is 1. The maximum Gasteiger partial charge on any atom is 0.255 e. The molecule has 0 bridgehead atoms. The van der Waals surface area contributed by atoms with Gasteiger partial charge in [0.25, 0.3) is 5.91 Å². The van der Waals surface area contributed by atoms with Crippen LogP contribution in [0.25, 0.3) is 0 Å². The Morgan fingerprint density at radius 1 is 1.25 bits per heavy atom. The number of hydrogen-bond acceptors (Lipinski definition) is 4. The van der Waals surface area contributed by atoms with Crippen molar-refractivity contribution in [2.45, 2.75) is 19.8 Å². The van der Waals surface area contributed by atoms with Crippen LogP contribution in [0.4, 0.5) is 11.4 Å². The minimum atomic E-state index is -3.34. The number of ether oxygens (including phenoxy) is 1. The molecule has 28 heavy (non-hydrogen) atoms. The molecular formula is C21H24N2O4S. The molecule has 2 aromatic carbocycles. The van der Waals surface area contributed by atoms with Gasteiger partial charge in [0.05, 0.1) is 11.4 Å². The summed E-state index contributed by atoms with van der Waals surface area (Å²) in [6, 6.07) is 12.2. The summed E-state index contributed by atoms with van der Waals surface area (Å²) in [5.74, 6) is 0.457. The molecule has 2 aromatic rings. The van der Waals surface area contributed by atoms with Gasteiger partial charge in [-0.1, -0.05) is 24.8 Å². The number of amides is 1. The Morgan fingerprint density at radius 2 is 2.07 bits per heavy atom. The summed E-state index contributed by atoms with van der Waals surface area (Å²) in [5.41, 5.74) is 2.38. The number of sulfonamides is 1. The van der Waals surface area contributed by atoms with E-state index in [1.807, 2.05) is 6.92 Å². The van der Waals surface area contributed by atoms with Gasteiger partial charge < -0.3 is 10.1 Å². The van der Waals surface area contributed by atoms with Gasteiger partial charge in [0.15, 0.2) is 0 Å². The maximum atomic E-state index is 12.7. The summed E-state index contributed by atoms with van der Waals surface area (Å²) in [6.45, 7) is 6.28. The molecule has 1 amide bonds. The molecule has 1 aliphatic heterocycles. The number of nitrogens with one attached hydrogen (secondary N) is 1. The van der Waals surface area contributed by atoms with Gasteiger partial charge >= 0.3 is 0 Å². The maximum absolute atomic E-state index is 12.7. The summed E-state index contributed by atoms with van der Waals surface area (Å²) in [4.78, 5) is 12.7. The average molecular weight is 401 g/mol. The molecule has 0 spiro atoms. The lowest BCUT2D eigenvalue weighted by molar-refractivity contribution is 0.102. The number of rotatable bonds is 6. The lowest BCUT2D eigenvalue weighted by Gasteiger charge is -2.29. The lowest BCUT2D eigenvalue weighted by Crippen LogP contribution is -2.38. The second-order valence-electron chi connectivity index (χ2n) is 6.68. The van der Waals surface area contributed by atoms with E-state index in [-0.39, 0.29) is 11.7 Å². The molecule has 1 aliphatic rings. The molecule has 148 valence electrons. The van der Waals surface area contributed by atoms with Gasteiger partial charge in [0, 0.05) is 23.9 Å². The Balaban J connectivity index is 1.82. The summed E-state index contributed by atoms with van der Waals surface area (Å²) in [6.07, 6.45) is 3.13. The molecule has 0 aromatic heterocycles. The molecule has 0 radical (unpaired) electrons. The molecule has 7 heteroatoms. The van der Waals surface area contributed by atoms with Crippen molar-refractivity contribution in [1.29, 1.82) is 0 Å². The number of aryl methyl sites for hydroxylation is 1. The van der Waals surface area contributed by atoms with Gasteiger partial charge in [0.1, 0.15) is 12.4 Å². The largest absolute Gasteiger partial charge is 0.489 e. The highest BCUT2D eigenvalue weighted by atomic mass is 32.2. The molecule has 1 heterocycles. The highest BCUT2D eigenvalue weighted by Gasteiger charge is 2.27. The van der Waals surface area contributed by atoms with Crippen molar-refractivity contribution < 1.29 is 17.9 Å². The topological polar surface area (TPSA) is 75.7 Å². The molecule has 0 unspecified atom stereocenters. The van der Waals surface area contributed by atoms with Crippen LogP contribution in [0.1, 0.15) is 28.8 Å². The van der Waals surface area contributed by atoms with E-state index in [9.17, 15) is 13.2 Å². The second kappa shape index (κ2) is 8.48. The Kier molecular flexibility index (Phi) is 6.04. The number of anilines is 2. The van der Waals surface area contributed by atoms with Crippen LogP contribution in [-0.2, 0) is 10.0 Å². The predicted molar refractivity (Wildman–Crippen MR) is 112 cm³/mol. The first-order valence-corrected chi connectivity index (χ1v) is 10.8. The second-order valence-corrected chi connectivity index (χ2v) is 8.69. The number of nitrogens with zero attached hydrogens (tertiary/aromatic N) is 1. The molecule has 1 N–H and O–H groups in total. The van der Waals surface area contributed by atoms with Crippen LogP contribution in [-0.4, -0.2) is 33.2 Å². The summed E-state index contributed by atoms with van der Waals surface area (Å²) < 4.78 is 31.8. The highest BCUT2D eigenvalue weighted by Crippen LogP contribution is 2.28. The van der Waals surface area contributed by atoms with Crippen LogP contribution in [0.5, 0.6) is 5.75 Å². The van der Waals surface area contributed by atoms with Gasteiger partial charge in [-0.05, 0) is 49.6 Å². The van der Waals surface area contributed by atoms with Crippen LogP contribution >= 0.6 is 0 Å². The van der Waals surface area contributed by atoms with E-state index in [1.165, 1.54) is 4.31 Å². The summed E-state index contributed by atoms with van der Waals surface area (Å²) >= 11 is 0. The fraction of sp³-hybridized carbons (Fsp3) is 0.286. The van der Waals surface area contributed by atoms with E-state index in [0.717, 1.165) is 12.0 Å². The van der Waals surface area contributed by atoms with Gasteiger partial charge in [-0.2, -0.15) is 0 Å². The highest BCUT2D eigenvalue weighted by molar-refractivity contribution is 7.92. The van der Waals surface area contributed by atoms with Crippen molar-refractivity contribution in [1.82, 2.24) is 0 Å². The van der Waals surface area contributed by atoms with E-state index in [4.69, 9.17) is 4.74 Å². The molecule has 0 aliphatic carbocycles. The van der Waals surface area contributed by atoms with E-state index in [0.29, 0.717) is 42.3 Å². The Hall–Kier alpha value is -2.80. The van der Waals surface area contributed by atoms with Gasteiger partial charge in [0.2, 0.25) is 10.0 Å². The Morgan fingerprint density at radius 3 is 2.82 bits per heavy atom. The van der Waals surface area contributed by atoms with Gasteiger partial charge in [-0.3, -0.25) is 9.10 Å². The fourth-order valence-electron chi connectivity index (χ4n) is 3.10. The first-order valence-electron chi connectivity index (χ1n) is 9.17. The molecule has 1 saturated heterocycles. The SMILES string of the molecule is C=CCOc1cccc(NC(=O)c2ccc(C)c(N3CCCCS3(=O)=O)c2)c1. The zero-order valence-electron chi connectivity index (χ0n) is 15.8.